The molecular formula is C17H24N2O3S. The summed E-state index contributed by atoms with van der Waals surface area (Å²) in [4.78, 5) is 30.2. The molecule has 3 rings (SSSR count). The van der Waals surface area contributed by atoms with Gasteiger partial charge in [-0.05, 0) is 43.2 Å². The fourth-order valence-electron chi connectivity index (χ4n) is 3.73. The van der Waals surface area contributed by atoms with Crippen molar-refractivity contribution in [2.75, 3.05) is 39.9 Å². The maximum absolute atomic E-state index is 12.9. The van der Waals surface area contributed by atoms with Gasteiger partial charge in [-0.3, -0.25) is 9.59 Å². The number of carbonyl (C=O) groups is 2. The van der Waals surface area contributed by atoms with Gasteiger partial charge in [-0.15, -0.1) is 11.3 Å². The topological polar surface area (TPSA) is 49.9 Å². The summed E-state index contributed by atoms with van der Waals surface area (Å²) in [6.07, 6.45) is 2.68. The normalized spacial score (nSPS) is 24.7. The molecule has 2 amide bonds. The summed E-state index contributed by atoms with van der Waals surface area (Å²) in [5.41, 5.74) is 0.657. The van der Waals surface area contributed by atoms with E-state index in [2.05, 4.69) is 0 Å². The molecule has 0 radical (unpaired) electrons. The number of likely N-dealkylation sites (tertiary alicyclic amines) is 2. The van der Waals surface area contributed by atoms with Gasteiger partial charge in [0.1, 0.15) is 0 Å². The number of hydrogen-bond acceptors (Lipinski definition) is 4. The number of amides is 2. The summed E-state index contributed by atoms with van der Waals surface area (Å²) in [5, 5.41) is 1.95. The predicted molar refractivity (Wildman–Crippen MR) is 89.7 cm³/mol. The highest BCUT2D eigenvalue weighted by Crippen LogP contribution is 2.40. The molecule has 2 aliphatic rings. The first kappa shape index (κ1) is 16.5. The quantitative estimate of drug-likeness (QED) is 0.847. The minimum Gasteiger partial charge on any atom is -0.383 e. The molecule has 6 heteroatoms. The Bertz CT molecular complexity index is 600. The average Bonchev–Trinajstić information content (AvgIpc) is 3.16. The van der Waals surface area contributed by atoms with Crippen LogP contribution in [0.4, 0.5) is 0 Å². The number of nitrogens with zero attached hydrogens (tertiary/aromatic N) is 2. The predicted octanol–water partition coefficient (Wildman–Crippen LogP) is 2.16. The zero-order chi connectivity index (χ0) is 16.4. The lowest BCUT2D eigenvalue weighted by molar-refractivity contribution is -0.146. The monoisotopic (exact) mass is 336 g/mol. The number of ether oxygens (including phenoxy) is 1. The Balaban J connectivity index is 1.71. The summed E-state index contributed by atoms with van der Waals surface area (Å²) in [5.74, 6) is 0.287. The van der Waals surface area contributed by atoms with E-state index in [1.54, 1.807) is 7.11 Å². The van der Waals surface area contributed by atoms with Gasteiger partial charge in [-0.1, -0.05) is 0 Å². The van der Waals surface area contributed by atoms with Crippen molar-refractivity contribution in [1.29, 1.82) is 0 Å². The lowest BCUT2D eigenvalue weighted by Crippen LogP contribution is -2.51. The summed E-state index contributed by atoms with van der Waals surface area (Å²) in [7, 11) is 1.66. The van der Waals surface area contributed by atoms with Crippen LogP contribution in [0, 0.1) is 12.3 Å². The van der Waals surface area contributed by atoms with Gasteiger partial charge in [-0.2, -0.15) is 0 Å². The van der Waals surface area contributed by atoms with Gasteiger partial charge in [0, 0.05) is 33.3 Å². The summed E-state index contributed by atoms with van der Waals surface area (Å²) in [6.45, 7) is 5.23. The highest BCUT2D eigenvalue weighted by atomic mass is 32.1. The minimum atomic E-state index is -0.368. The number of carbonyl (C=O) groups excluding carboxylic acids is 2. The van der Waals surface area contributed by atoms with Crippen LogP contribution in [0.15, 0.2) is 11.4 Å². The first-order valence-electron chi connectivity index (χ1n) is 8.19. The second-order valence-electron chi connectivity index (χ2n) is 6.58. The second kappa shape index (κ2) is 6.61. The van der Waals surface area contributed by atoms with Crippen LogP contribution in [0.1, 0.15) is 34.5 Å². The van der Waals surface area contributed by atoms with E-state index in [-0.39, 0.29) is 17.2 Å². The van der Waals surface area contributed by atoms with E-state index in [4.69, 9.17) is 4.74 Å². The first-order valence-corrected chi connectivity index (χ1v) is 9.07. The molecule has 1 spiro atoms. The van der Waals surface area contributed by atoms with Gasteiger partial charge in [0.05, 0.1) is 16.9 Å². The first-order chi connectivity index (χ1) is 11.1. The van der Waals surface area contributed by atoms with Crippen molar-refractivity contribution in [3.05, 3.63) is 21.9 Å². The van der Waals surface area contributed by atoms with E-state index in [9.17, 15) is 9.59 Å². The van der Waals surface area contributed by atoms with E-state index < -0.39 is 0 Å². The van der Waals surface area contributed by atoms with Crippen molar-refractivity contribution in [2.24, 2.45) is 5.41 Å². The standard InChI is InChI=1S/C17H24N2O3S/c1-13-4-11-23-14(13)15(20)19-8-6-17(12-19)5-3-7-18(16(17)21)9-10-22-2/h4,11H,3,5-10,12H2,1-2H3/t17-/m1/s1. The van der Waals surface area contributed by atoms with Crippen LogP contribution >= 0.6 is 11.3 Å². The Hall–Kier alpha value is -1.40. The molecule has 126 valence electrons. The van der Waals surface area contributed by atoms with Crippen molar-refractivity contribution in [2.45, 2.75) is 26.2 Å². The highest BCUT2D eigenvalue weighted by Gasteiger charge is 2.49. The molecule has 2 aliphatic heterocycles. The average molecular weight is 336 g/mol. The van der Waals surface area contributed by atoms with E-state index >= 15 is 0 Å². The van der Waals surface area contributed by atoms with Crippen LogP contribution in [0.25, 0.3) is 0 Å². The molecule has 0 bridgehead atoms. The molecule has 3 heterocycles. The summed E-state index contributed by atoms with van der Waals surface area (Å²) < 4.78 is 5.11. The molecular weight excluding hydrogens is 312 g/mol. The second-order valence-corrected chi connectivity index (χ2v) is 7.49. The van der Waals surface area contributed by atoms with Crippen molar-refractivity contribution in [3.63, 3.8) is 0 Å². The van der Waals surface area contributed by atoms with Crippen molar-refractivity contribution < 1.29 is 14.3 Å². The lowest BCUT2D eigenvalue weighted by atomic mass is 9.78. The van der Waals surface area contributed by atoms with Crippen molar-refractivity contribution >= 4 is 23.2 Å². The van der Waals surface area contributed by atoms with Gasteiger partial charge < -0.3 is 14.5 Å². The zero-order valence-electron chi connectivity index (χ0n) is 13.8. The van der Waals surface area contributed by atoms with Gasteiger partial charge in [0.2, 0.25) is 5.91 Å². The Labute approximate surface area is 141 Å². The van der Waals surface area contributed by atoms with Crippen molar-refractivity contribution in [3.8, 4) is 0 Å². The van der Waals surface area contributed by atoms with Crippen LogP contribution in [-0.4, -0.2) is 61.5 Å². The van der Waals surface area contributed by atoms with Gasteiger partial charge in [0.15, 0.2) is 0 Å². The SMILES string of the molecule is COCCN1CCC[C@]2(CCN(C(=O)c3sccc3C)C2)C1=O. The summed E-state index contributed by atoms with van der Waals surface area (Å²) >= 11 is 1.49. The Morgan fingerprint density at radius 3 is 2.91 bits per heavy atom. The third-order valence-electron chi connectivity index (χ3n) is 5.09. The number of methoxy groups -OCH3 is 1. The Morgan fingerprint density at radius 1 is 1.39 bits per heavy atom. The fraction of sp³-hybridized carbons (Fsp3) is 0.647. The molecule has 0 saturated carbocycles. The minimum absolute atomic E-state index is 0.0798. The molecule has 0 unspecified atom stereocenters. The number of aryl methyl sites for hydroxylation is 1. The largest absolute Gasteiger partial charge is 0.383 e. The lowest BCUT2D eigenvalue weighted by Gasteiger charge is -2.39. The van der Waals surface area contributed by atoms with Gasteiger partial charge >= 0.3 is 0 Å². The van der Waals surface area contributed by atoms with Crippen LogP contribution in [0.3, 0.4) is 0 Å². The van der Waals surface area contributed by atoms with Crippen LogP contribution in [0.5, 0.6) is 0 Å². The number of hydrogen-bond donors (Lipinski definition) is 0. The number of piperidine rings is 1. The maximum atomic E-state index is 12.9. The molecule has 2 fully saturated rings. The molecule has 23 heavy (non-hydrogen) atoms. The molecule has 0 aromatic carbocycles. The fourth-order valence-corrected chi connectivity index (χ4v) is 4.62. The molecule has 1 aromatic rings. The third kappa shape index (κ3) is 3.02. The smallest absolute Gasteiger partial charge is 0.264 e. The molecule has 5 nitrogen and oxygen atoms in total. The third-order valence-corrected chi connectivity index (χ3v) is 6.09. The summed E-state index contributed by atoms with van der Waals surface area (Å²) in [6, 6.07) is 1.97. The van der Waals surface area contributed by atoms with Crippen LogP contribution in [0.2, 0.25) is 0 Å². The molecule has 0 N–H and O–H groups in total. The Kier molecular flexibility index (Phi) is 4.73. The van der Waals surface area contributed by atoms with E-state index in [0.717, 1.165) is 36.2 Å². The van der Waals surface area contributed by atoms with Crippen molar-refractivity contribution in [1.82, 2.24) is 9.80 Å². The van der Waals surface area contributed by atoms with Gasteiger partial charge in [-0.25, -0.2) is 0 Å². The molecule has 0 aliphatic carbocycles. The zero-order valence-corrected chi connectivity index (χ0v) is 14.7. The maximum Gasteiger partial charge on any atom is 0.264 e. The molecule has 1 atom stereocenters. The van der Waals surface area contributed by atoms with Crippen LogP contribution in [-0.2, 0) is 9.53 Å². The molecule has 1 aromatic heterocycles. The highest BCUT2D eigenvalue weighted by molar-refractivity contribution is 7.12. The van der Waals surface area contributed by atoms with E-state index in [0.29, 0.717) is 26.2 Å². The van der Waals surface area contributed by atoms with Gasteiger partial charge in [0.25, 0.3) is 5.91 Å². The number of thiophene rings is 1. The van der Waals surface area contributed by atoms with E-state index in [1.165, 1.54) is 11.3 Å². The van der Waals surface area contributed by atoms with E-state index in [1.807, 2.05) is 28.2 Å². The van der Waals surface area contributed by atoms with Crippen LogP contribution < -0.4 is 0 Å². The number of rotatable bonds is 4. The molecule has 2 saturated heterocycles. The Morgan fingerprint density at radius 2 is 2.22 bits per heavy atom.